The third-order valence-electron chi connectivity index (χ3n) is 4.99. The molecular formula is C18H18F2N2O3S. The quantitative estimate of drug-likeness (QED) is 0.818. The van der Waals surface area contributed by atoms with Gasteiger partial charge in [0.25, 0.3) is 0 Å². The van der Waals surface area contributed by atoms with Crippen molar-refractivity contribution in [1.29, 1.82) is 0 Å². The summed E-state index contributed by atoms with van der Waals surface area (Å²) in [7, 11) is -3.95. The van der Waals surface area contributed by atoms with E-state index in [4.69, 9.17) is 4.74 Å². The number of halogens is 2. The van der Waals surface area contributed by atoms with Gasteiger partial charge in [-0.3, -0.25) is 4.98 Å². The Hall–Kier alpha value is -2.06. The molecule has 0 amide bonds. The molecule has 26 heavy (non-hydrogen) atoms. The van der Waals surface area contributed by atoms with Gasteiger partial charge in [-0.25, -0.2) is 17.2 Å². The van der Waals surface area contributed by atoms with Crippen molar-refractivity contribution in [3.05, 3.63) is 54.4 Å². The summed E-state index contributed by atoms with van der Waals surface area (Å²) in [6, 6.07) is 5.49. The van der Waals surface area contributed by atoms with Crippen LogP contribution in [0, 0.1) is 11.6 Å². The molecule has 0 spiro atoms. The topological polar surface area (TPSA) is 59.5 Å². The van der Waals surface area contributed by atoms with Gasteiger partial charge in [-0.2, -0.15) is 4.31 Å². The molecule has 0 N–H and O–H groups in total. The lowest BCUT2D eigenvalue weighted by Gasteiger charge is -2.37. The molecule has 2 fully saturated rings. The number of hydrogen-bond acceptors (Lipinski definition) is 4. The third-order valence-corrected chi connectivity index (χ3v) is 6.97. The number of piperidine rings is 1. The lowest BCUT2D eigenvalue weighted by molar-refractivity contribution is 0.0956. The summed E-state index contributed by atoms with van der Waals surface area (Å²) in [6.07, 6.45) is 5.73. The molecule has 2 aromatic rings. The number of nitrogens with zero attached hydrogens (tertiary/aromatic N) is 2. The Labute approximate surface area is 150 Å². The van der Waals surface area contributed by atoms with E-state index in [1.165, 1.54) is 4.31 Å². The molecule has 4 rings (SSSR count). The molecule has 3 heterocycles. The summed E-state index contributed by atoms with van der Waals surface area (Å²) >= 11 is 0. The predicted molar refractivity (Wildman–Crippen MR) is 90.1 cm³/mol. The first-order valence-electron chi connectivity index (χ1n) is 8.50. The van der Waals surface area contributed by atoms with Crippen LogP contribution in [0.1, 0.15) is 25.7 Å². The highest BCUT2D eigenvalue weighted by Crippen LogP contribution is 2.41. The SMILES string of the molecule is O=S(=O)(c1cc(F)cc(F)c1)N1C2CCC1CC(Oc1ccncc1)C2. The fraction of sp³-hybridized carbons (Fsp3) is 0.389. The second-order valence-electron chi connectivity index (χ2n) is 6.72. The zero-order chi connectivity index (χ0) is 18.3. The van der Waals surface area contributed by atoms with E-state index in [1.807, 2.05) is 0 Å². The van der Waals surface area contributed by atoms with Crippen molar-refractivity contribution in [2.45, 2.75) is 48.8 Å². The van der Waals surface area contributed by atoms with Crippen LogP contribution in [-0.2, 0) is 10.0 Å². The Morgan fingerprint density at radius 3 is 2.15 bits per heavy atom. The molecule has 1 aromatic carbocycles. The molecule has 138 valence electrons. The van der Waals surface area contributed by atoms with Crippen LogP contribution in [0.3, 0.4) is 0 Å². The normalized spacial score (nSPS) is 26.0. The highest BCUT2D eigenvalue weighted by molar-refractivity contribution is 7.89. The van der Waals surface area contributed by atoms with Crippen LogP contribution >= 0.6 is 0 Å². The van der Waals surface area contributed by atoms with Gasteiger partial charge in [-0.15, -0.1) is 0 Å². The molecule has 2 bridgehead atoms. The number of ether oxygens (including phenoxy) is 1. The highest BCUT2D eigenvalue weighted by atomic mass is 32.2. The number of rotatable bonds is 4. The first kappa shape index (κ1) is 17.4. The van der Waals surface area contributed by atoms with E-state index in [-0.39, 0.29) is 23.1 Å². The molecule has 2 unspecified atom stereocenters. The summed E-state index contributed by atoms with van der Waals surface area (Å²) < 4.78 is 60.3. The Kier molecular flexibility index (Phi) is 4.40. The van der Waals surface area contributed by atoms with E-state index in [0.717, 1.165) is 25.0 Å². The van der Waals surface area contributed by atoms with Crippen molar-refractivity contribution in [2.24, 2.45) is 0 Å². The second-order valence-corrected chi connectivity index (χ2v) is 8.56. The average Bonchev–Trinajstić information content (AvgIpc) is 2.87. The van der Waals surface area contributed by atoms with Crippen molar-refractivity contribution in [3.63, 3.8) is 0 Å². The first-order chi connectivity index (χ1) is 12.4. The molecule has 2 saturated heterocycles. The number of aromatic nitrogens is 1. The fourth-order valence-corrected chi connectivity index (χ4v) is 5.92. The summed E-state index contributed by atoms with van der Waals surface area (Å²) in [6.45, 7) is 0. The molecular weight excluding hydrogens is 362 g/mol. The van der Waals surface area contributed by atoms with Gasteiger partial charge in [0, 0.05) is 43.4 Å². The van der Waals surface area contributed by atoms with Crippen molar-refractivity contribution in [1.82, 2.24) is 9.29 Å². The van der Waals surface area contributed by atoms with Crippen LogP contribution in [-0.4, -0.2) is 35.9 Å². The van der Waals surface area contributed by atoms with E-state index >= 15 is 0 Å². The summed E-state index contributed by atoms with van der Waals surface area (Å²) in [4.78, 5) is 3.61. The van der Waals surface area contributed by atoms with Crippen molar-refractivity contribution >= 4 is 10.0 Å². The minimum Gasteiger partial charge on any atom is -0.490 e. The number of benzene rings is 1. The van der Waals surface area contributed by atoms with Crippen LogP contribution in [0.4, 0.5) is 8.78 Å². The zero-order valence-corrected chi connectivity index (χ0v) is 14.7. The minimum absolute atomic E-state index is 0.0920. The molecule has 2 aliphatic heterocycles. The van der Waals surface area contributed by atoms with Gasteiger partial charge in [-0.1, -0.05) is 0 Å². The third kappa shape index (κ3) is 3.19. The summed E-state index contributed by atoms with van der Waals surface area (Å²) in [5.41, 5.74) is 0. The van der Waals surface area contributed by atoms with Gasteiger partial charge in [0.2, 0.25) is 10.0 Å². The Morgan fingerprint density at radius 2 is 1.58 bits per heavy atom. The molecule has 0 saturated carbocycles. The number of fused-ring (bicyclic) bond motifs is 2. The summed E-state index contributed by atoms with van der Waals surface area (Å²) in [5, 5.41) is 0. The van der Waals surface area contributed by atoms with Gasteiger partial charge in [0.05, 0.1) is 4.90 Å². The number of hydrogen-bond donors (Lipinski definition) is 0. The summed E-state index contributed by atoms with van der Waals surface area (Å²) in [5.74, 6) is -1.09. The van der Waals surface area contributed by atoms with Crippen molar-refractivity contribution in [3.8, 4) is 5.75 Å². The Bertz CT molecular complexity index is 874. The van der Waals surface area contributed by atoms with Crippen LogP contribution in [0.15, 0.2) is 47.6 Å². The van der Waals surface area contributed by atoms with Crippen LogP contribution in [0.2, 0.25) is 0 Å². The molecule has 2 aliphatic rings. The largest absolute Gasteiger partial charge is 0.490 e. The zero-order valence-electron chi connectivity index (χ0n) is 13.9. The van der Waals surface area contributed by atoms with E-state index < -0.39 is 21.7 Å². The number of sulfonamides is 1. The van der Waals surface area contributed by atoms with Crippen molar-refractivity contribution in [2.75, 3.05) is 0 Å². The second kappa shape index (κ2) is 6.59. The first-order valence-corrected chi connectivity index (χ1v) is 9.94. The fourth-order valence-electron chi connectivity index (χ4n) is 3.98. The molecule has 2 atom stereocenters. The lowest BCUT2D eigenvalue weighted by atomic mass is 10.0. The molecule has 0 radical (unpaired) electrons. The highest BCUT2D eigenvalue weighted by Gasteiger charge is 2.48. The van der Waals surface area contributed by atoms with Gasteiger partial charge in [-0.05, 0) is 37.1 Å². The molecule has 0 aliphatic carbocycles. The minimum atomic E-state index is -3.95. The van der Waals surface area contributed by atoms with Crippen LogP contribution < -0.4 is 4.74 Å². The van der Waals surface area contributed by atoms with Crippen molar-refractivity contribution < 1.29 is 21.9 Å². The van der Waals surface area contributed by atoms with Gasteiger partial charge >= 0.3 is 0 Å². The van der Waals surface area contributed by atoms with Crippen LogP contribution in [0.25, 0.3) is 0 Å². The molecule has 8 heteroatoms. The Balaban J connectivity index is 1.56. The predicted octanol–water partition coefficient (Wildman–Crippen LogP) is 3.12. The van der Waals surface area contributed by atoms with E-state index in [1.54, 1.807) is 24.5 Å². The monoisotopic (exact) mass is 380 g/mol. The van der Waals surface area contributed by atoms with Gasteiger partial charge in [0.1, 0.15) is 23.5 Å². The average molecular weight is 380 g/mol. The van der Waals surface area contributed by atoms with Gasteiger partial charge in [0.15, 0.2) is 0 Å². The maximum absolute atomic E-state index is 13.5. The number of pyridine rings is 1. The van der Waals surface area contributed by atoms with Crippen LogP contribution in [0.5, 0.6) is 5.75 Å². The van der Waals surface area contributed by atoms with E-state index in [9.17, 15) is 17.2 Å². The standard InChI is InChI=1S/C18H18F2N2O3S/c19-12-7-13(20)9-18(8-12)26(23,24)22-14-1-2-15(22)11-17(10-14)25-16-3-5-21-6-4-16/h3-9,14-15,17H,1-2,10-11H2. The maximum atomic E-state index is 13.5. The smallest absolute Gasteiger partial charge is 0.243 e. The van der Waals surface area contributed by atoms with E-state index in [0.29, 0.717) is 24.7 Å². The molecule has 5 nitrogen and oxygen atoms in total. The maximum Gasteiger partial charge on any atom is 0.243 e. The van der Waals surface area contributed by atoms with E-state index in [2.05, 4.69) is 4.98 Å². The van der Waals surface area contributed by atoms with Gasteiger partial charge < -0.3 is 4.74 Å². The Morgan fingerprint density at radius 1 is 1.00 bits per heavy atom. The molecule has 1 aromatic heterocycles. The lowest BCUT2D eigenvalue weighted by Crippen LogP contribution is -2.49.